The van der Waals surface area contributed by atoms with Crippen LogP contribution in [0.15, 0.2) is 42.5 Å². The second-order valence-electron chi connectivity index (χ2n) is 6.08. The van der Waals surface area contributed by atoms with Gasteiger partial charge in [0.25, 0.3) is 0 Å². The molecule has 2 amide bonds. The monoisotopic (exact) mass is 326 g/mol. The molecule has 1 atom stereocenters. The molecule has 24 heavy (non-hydrogen) atoms. The van der Waals surface area contributed by atoms with E-state index in [1.165, 1.54) is 25.1 Å². The zero-order valence-corrected chi connectivity index (χ0v) is 13.7. The summed E-state index contributed by atoms with van der Waals surface area (Å²) in [6, 6.07) is 11.5. The van der Waals surface area contributed by atoms with E-state index in [0.29, 0.717) is 24.2 Å². The van der Waals surface area contributed by atoms with Gasteiger partial charge in [-0.05, 0) is 41.8 Å². The molecule has 3 rings (SSSR count). The summed E-state index contributed by atoms with van der Waals surface area (Å²) >= 11 is 0. The smallest absolute Gasteiger partial charge is 0.247 e. The average molecular weight is 326 g/mol. The molecule has 0 radical (unpaired) electrons. The van der Waals surface area contributed by atoms with E-state index in [9.17, 15) is 14.0 Å². The van der Waals surface area contributed by atoms with E-state index in [4.69, 9.17) is 0 Å². The number of rotatable bonds is 2. The number of carbonyl (C=O) groups is 2. The van der Waals surface area contributed by atoms with Crippen molar-refractivity contribution in [2.24, 2.45) is 0 Å². The minimum absolute atomic E-state index is 0.138. The van der Waals surface area contributed by atoms with Crippen molar-refractivity contribution >= 4 is 17.5 Å². The number of benzene rings is 2. The summed E-state index contributed by atoms with van der Waals surface area (Å²) in [6.45, 7) is 3.63. The van der Waals surface area contributed by atoms with Crippen LogP contribution in [-0.4, -0.2) is 22.8 Å². The Morgan fingerprint density at radius 3 is 2.54 bits per heavy atom. The first-order valence-electron chi connectivity index (χ1n) is 7.86. The molecule has 4 nitrogen and oxygen atoms in total. The fourth-order valence-electron chi connectivity index (χ4n) is 3.07. The maximum Gasteiger partial charge on any atom is 0.247 e. The maximum atomic E-state index is 13.2. The highest BCUT2D eigenvalue weighted by Gasteiger charge is 2.33. The number of nitrogens with zero attached hydrogens (tertiary/aromatic N) is 1. The van der Waals surface area contributed by atoms with Crippen LogP contribution in [0.3, 0.4) is 0 Å². The van der Waals surface area contributed by atoms with Gasteiger partial charge in [0.05, 0.1) is 0 Å². The van der Waals surface area contributed by atoms with Gasteiger partial charge in [-0.3, -0.25) is 9.59 Å². The highest BCUT2D eigenvalue weighted by Crippen LogP contribution is 2.25. The molecule has 124 valence electrons. The molecule has 0 spiro atoms. The fourth-order valence-corrected chi connectivity index (χ4v) is 3.07. The van der Waals surface area contributed by atoms with E-state index in [0.717, 1.165) is 11.1 Å². The van der Waals surface area contributed by atoms with Crippen molar-refractivity contribution in [1.82, 2.24) is 4.90 Å². The number of amides is 2. The first-order valence-corrected chi connectivity index (χ1v) is 7.86. The Labute approximate surface area is 140 Å². The van der Waals surface area contributed by atoms with Gasteiger partial charge in [0.2, 0.25) is 11.8 Å². The van der Waals surface area contributed by atoms with E-state index >= 15 is 0 Å². The lowest BCUT2D eigenvalue weighted by Crippen LogP contribution is -2.50. The molecule has 1 N–H and O–H groups in total. The number of aryl methyl sites for hydroxylation is 1. The van der Waals surface area contributed by atoms with Crippen LogP contribution >= 0.6 is 0 Å². The third kappa shape index (κ3) is 3.15. The summed E-state index contributed by atoms with van der Waals surface area (Å²) in [4.78, 5) is 26.3. The summed E-state index contributed by atoms with van der Waals surface area (Å²) in [5.41, 5.74) is 3.35. The molecule has 5 heteroatoms. The number of anilines is 1. The van der Waals surface area contributed by atoms with E-state index < -0.39 is 6.04 Å². The molecule has 0 aliphatic carbocycles. The first-order chi connectivity index (χ1) is 11.5. The summed E-state index contributed by atoms with van der Waals surface area (Å²) in [6.07, 6.45) is 0.474. The van der Waals surface area contributed by atoms with E-state index in [2.05, 4.69) is 5.32 Å². The van der Waals surface area contributed by atoms with Crippen LogP contribution in [-0.2, 0) is 22.6 Å². The van der Waals surface area contributed by atoms with Crippen LogP contribution in [0.1, 0.15) is 23.6 Å². The molecule has 1 heterocycles. The Balaban J connectivity index is 1.85. The van der Waals surface area contributed by atoms with Crippen molar-refractivity contribution in [3.05, 3.63) is 65.0 Å². The lowest BCUT2D eigenvalue weighted by molar-refractivity contribution is -0.138. The third-order valence-electron chi connectivity index (χ3n) is 4.40. The summed E-state index contributed by atoms with van der Waals surface area (Å²) < 4.78 is 13.2. The fraction of sp³-hybridized carbons (Fsp3) is 0.263. The summed E-state index contributed by atoms with van der Waals surface area (Å²) in [5, 5.41) is 2.82. The van der Waals surface area contributed by atoms with Crippen molar-refractivity contribution in [1.29, 1.82) is 0 Å². The average Bonchev–Trinajstić information content (AvgIpc) is 2.56. The quantitative estimate of drug-likeness (QED) is 0.922. The van der Waals surface area contributed by atoms with Crippen molar-refractivity contribution in [2.75, 3.05) is 5.32 Å². The van der Waals surface area contributed by atoms with Crippen LogP contribution in [0.4, 0.5) is 10.1 Å². The third-order valence-corrected chi connectivity index (χ3v) is 4.40. The number of fused-ring (bicyclic) bond motifs is 1. The molecule has 1 unspecified atom stereocenters. The molecule has 0 saturated carbocycles. The molecule has 0 aromatic heterocycles. The Kier molecular flexibility index (Phi) is 4.34. The topological polar surface area (TPSA) is 49.4 Å². The van der Waals surface area contributed by atoms with Crippen molar-refractivity contribution in [2.45, 2.75) is 32.9 Å². The van der Waals surface area contributed by atoms with Gasteiger partial charge in [-0.1, -0.05) is 24.3 Å². The van der Waals surface area contributed by atoms with Crippen LogP contribution in [0.2, 0.25) is 0 Å². The van der Waals surface area contributed by atoms with Gasteiger partial charge < -0.3 is 10.2 Å². The molecule has 1 aliphatic heterocycles. The van der Waals surface area contributed by atoms with Gasteiger partial charge in [-0.25, -0.2) is 4.39 Å². The lowest BCUT2D eigenvalue weighted by Gasteiger charge is -2.35. The van der Waals surface area contributed by atoms with E-state index in [-0.39, 0.29) is 17.6 Å². The van der Waals surface area contributed by atoms with E-state index in [1.807, 2.05) is 24.3 Å². The van der Waals surface area contributed by atoms with Gasteiger partial charge >= 0.3 is 0 Å². The van der Waals surface area contributed by atoms with Gasteiger partial charge in [-0.2, -0.15) is 0 Å². The molecule has 1 aliphatic rings. The second kappa shape index (κ2) is 6.43. The Hall–Kier alpha value is -2.69. The Morgan fingerprint density at radius 2 is 1.88 bits per heavy atom. The first kappa shape index (κ1) is 16.2. The minimum Gasteiger partial charge on any atom is -0.326 e. The molecular weight excluding hydrogens is 307 g/mol. The Bertz CT molecular complexity index is 804. The van der Waals surface area contributed by atoms with Crippen molar-refractivity contribution in [3.8, 4) is 0 Å². The molecule has 2 aromatic rings. The van der Waals surface area contributed by atoms with Crippen molar-refractivity contribution < 1.29 is 14.0 Å². The van der Waals surface area contributed by atoms with Gasteiger partial charge in [0, 0.05) is 25.6 Å². The zero-order chi connectivity index (χ0) is 17.3. The lowest BCUT2D eigenvalue weighted by atomic mass is 9.93. The second-order valence-corrected chi connectivity index (χ2v) is 6.08. The van der Waals surface area contributed by atoms with Crippen LogP contribution in [0.25, 0.3) is 0 Å². The van der Waals surface area contributed by atoms with Gasteiger partial charge in [0.15, 0.2) is 0 Å². The predicted molar refractivity (Wildman–Crippen MR) is 89.9 cm³/mol. The maximum absolute atomic E-state index is 13.2. The zero-order valence-electron chi connectivity index (χ0n) is 13.7. The molecular formula is C19H19FN2O2. The number of nitrogens with one attached hydrogen (secondary N) is 1. The van der Waals surface area contributed by atoms with Crippen molar-refractivity contribution in [3.63, 3.8) is 0 Å². The van der Waals surface area contributed by atoms with Crippen LogP contribution in [0, 0.1) is 12.7 Å². The normalized spacial score (nSPS) is 16.5. The number of hydrogen-bond acceptors (Lipinski definition) is 2. The standard InChI is InChI=1S/C19H19FN2O2/c1-12-9-16(20)7-8-17(12)21-19(24)18-10-14-5-3-4-6-15(14)11-22(18)13(2)23/h3-9,18H,10-11H2,1-2H3,(H,21,24). The van der Waals surface area contributed by atoms with Crippen LogP contribution in [0.5, 0.6) is 0 Å². The molecule has 0 saturated heterocycles. The number of carbonyl (C=O) groups excluding carboxylic acids is 2. The summed E-state index contributed by atoms with van der Waals surface area (Å²) in [5.74, 6) is -0.739. The van der Waals surface area contributed by atoms with E-state index in [1.54, 1.807) is 11.8 Å². The van der Waals surface area contributed by atoms with Crippen LogP contribution < -0.4 is 5.32 Å². The van der Waals surface area contributed by atoms with Gasteiger partial charge in [0.1, 0.15) is 11.9 Å². The summed E-state index contributed by atoms with van der Waals surface area (Å²) in [7, 11) is 0. The Morgan fingerprint density at radius 1 is 1.17 bits per heavy atom. The number of halogens is 1. The molecule has 0 bridgehead atoms. The predicted octanol–water partition coefficient (Wildman–Crippen LogP) is 3.05. The highest BCUT2D eigenvalue weighted by molar-refractivity contribution is 5.98. The highest BCUT2D eigenvalue weighted by atomic mass is 19.1. The SMILES string of the molecule is CC(=O)N1Cc2ccccc2CC1C(=O)Nc1ccc(F)cc1C. The largest absolute Gasteiger partial charge is 0.326 e. The number of hydrogen-bond donors (Lipinski definition) is 1. The van der Waals surface area contributed by atoms with Gasteiger partial charge in [-0.15, -0.1) is 0 Å². The minimum atomic E-state index is -0.568. The molecule has 2 aromatic carbocycles. The molecule has 0 fully saturated rings.